The normalized spacial score (nSPS) is 11.4. The summed E-state index contributed by atoms with van der Waals surface area (Å²) < 4.78 is 23.3. The number of hydrogen-bond donors (Lipinski definition) is 3. The molecular weight excluding hydrogens is 394 g/mol. The molecule has 0 radical (unpaired) electrons. The predicted molar refractivity (Wildman–Crippen MR) is 96.4 cm³/mol. The summed E-state index contributed by atoms with van der Waals surface area (Å²) in [5.41, 5.74) is 1.71. The number of hydrogen-bond acceptors (Lipinski definition) is 3. The molecule has 0 aliphatic rings. The van der Waals surface area contributed by atoms with E-state index in [2.05, 4.69) is 26.6 Å². The van der Waals surface area contributed by atoms with E-state index in [1.54, 1.807) is 24.4 Å². The van der Waals surface area contributed by atoms with Gasteiger partial charge in [-0.1, -0.05) is 40.2 Å². The van der Waals surface area contributed by atoms with Gasteiger partial charge in [-0.3, -0.25) is 0 Å². The molecular formula is C16H16BrN3O3S. The molecule has 0 aromatic heterocycles. The van der Waals surface area contributed by atoms with Gasteiger partial charge < -0.3 is 10.6 Å². The zero-order valence-electron chi connectivity index (χ0n) is 12.6. The molecule has 8 heteroatoms. The molecule has 0 aliphatic carbocycles. The second-order valence-electron chi connectivity index (χ2n) is 4.90. The molecule has 0 saturated carbocycles. The molecule has 0 atom stereocenters. The largest absolute Gasteiger partial charge is 0.334 e. The van der Waals surface area contributed by atoms with Crippen molar-refractivity contribution in [3.63, 3.8) is 0 Å². The number of benzene rings is 2. The predicted octanol–water partition coefficient (Wildman–Crippen LogP) is 2.57. The van der Waals surface area contributed by atoms with Crippen molar-refractivity contribution >= 4 is 38.1 Å². The van der Waals surface area contributed by atoms with Crippen LogP contribution in [0.1, 0.15) is 11.1 Å². The van der Waals surface area contributed by atoms with E-state index >= 15 is 0 Å². The number of amides is 2. The number of urea groups is 1. The van der Waals surface area contributed by atoms with Crippen molar-refractivity contribution in [3.8, 4) is 0 Å². The summed E-state index contributed by atoms with van der Waals surface area (Å²) in [6.45, 7) is 0.265. The van der Waals surface area contributed by atoms with Gasteiger partial charge in [-0.15, -0.1) is 0 Å². The highest BCUT2D eigenvalue weighted by Crippen LogP contribution is 2.12. The Hall–Kier alpha value is -2.16. The Balaban J connectivity index is 1.83. The van der Waals surface area contributed by atoms with Crippen LogP contribution in [0.5, 0.6) is 0 Å². The maximum absolute atomic E-state index is 11.7. The van der Waals surface area contributed by atoms with E-state index in [0.29, 0.717) is 0 Å². The first kappa shape index (κ1) is 18.2. The Kier molecular flexibility index (Phi) is 6.13. The molecule has 0 spiro atoms. The number of rotatable bonds is 5. The van der Waals surface area contributed by atoms with Crippen LogP contribution < -0.4 is 15.8 Å². The van der Waals surface area contributed by atoms with Crippen LogP contribution in [-0.4, -0.2) is 14.4 Å². The summed E-state index contributed by atoms with van der Waals surface area (Å²) in [6, 6.07) is 13.3. The Labute approximate surface area is 148 Å². The molecule has 2 aromatic rings. The SMILES string of the molecule is NS(=O)(=O)c1ccc(CNC(=O)N/C=C/c2cccc(Br)c2)cc1. The molecule has 126 valence electrons. The fourth-order valence-corrected chi connectivity index (χ4v) is 2.79. The van der Waals surface area contributed by atoms with E-state index in [1.165, 1.54) is 12.1 Å². The quantitative estimate of drug-likeness (QED) is 0.706. The zero-order valence-corrected chi connectivity index (χ0v) is 15.0. The smallest absolute Gasteiger partial charge is 0.319 e. The second kappa shape index (κ2) is 8.09. The van der Waals surface area contributed by atoms with Gasteiger partial charge in [-0.2, -0.15) is 0 Å². The van der Waals surface area contributed by atoms with E-state index in [-0.39, 0.29) is 17.5 Å². The van der Waals surface area contributed by atoms with Gasteiger partial charge in [0.25, 0.3) is 0 Å². The average Bonchev–Trinajstić information content (AvgIpc) is 2.52. The summed E-state index contributed by atoms with van der Waals surface area (Å²) in [5, 5.41) is 10.3. The lowest BCUT2D eigenvalue weighted by atomic mass is 10.2. The Morgan fingerprint density at radius 3 is 2.50 bits per heavy atom. The zero-order chi connectivity index (χ0) is 17.6. The van der Waals surface area contributed by atoms with Crippen molar-refractivity contribution in [1.29, 1.82) is 0 Å². The first-order valence-corrected chi connectivity index (χ1v) is 9.27. The molecule has 2 amide bonds. The van der Waals surface area contributed by atoms with Gasteiger partial charge in [-0.05, 0) is 41.5 Å². The molecule has 6 nitrogen and oxygen atoms in total. The summed E-state index contributed by atoms with van der Waals surface area (Å²) >= 11 is 3.37. The van der Waals surface area contributed by atoms with Crippen molar-refractivity contribution in [3.05, 3.63) is 70.3 Å². The van der Waals surface area contributed by atoms with Gasteiger partial charge in [0.1, 0.15) is 0 Å². The maximum atomic E-state index is 11.7. The molecule has 24 heavy (non-hydrogen) atoms. The van der Waals surface area contributed by atoms with Crippen LogP contribution >= 0.6 is 15.9 Å². The van der Waals surface area contributed by atoms with Gasteiger partial charge in [0, 0.05) is 17.2 Å². The Morgan fingerprint density at radius 2 is 1.88 bits per heavy atom. The standard InChI is InChI=1S/C16H16BrN3O3S/c17-14-3-1-2-12(10-14)8-9-19-16(21)20-11-13-4-6-15(7-5-13)24(18,22)23/h1-10H,11H2,(H2,18,22,23)(H2,19,20,21)/b9-8+. The van der Waals surface area contributed by atoms with Crippen molar-refractivity contribution in [2.45, 2.75) is 11.4 Å². The number of nitrogens with two attached hydrogens (primary N) is 1. The van der Waals surface area contributed by atoms with Crippen molar-refractivity contribution in [2.24, 2.45) is 5.14 Å². The Bertz CT molecular complexity index is 849. The Morgan fingerprint density at radius 1 is 1.17 bits per heavy atom. The van der Waals surface area contributed by atoms with E-state index in [4.69, 9.17) is 5.14 Å². The number of carbonyl (C=O) groups is 1. The third-order valence-corrected chi connectivity index (χ3v) is 4.47. The number of sulfonamides is 1. The van der Waals surface area contributed by atoms with E-state index < -0.39 is 10.0 Å². The summed E-state index contributed by atoms with van der Waals surface area (Å²) in [6.07, 6.45) is 3.31. The number of primary sulfonamides is 1. The number of nitrogens with one attached hydrogen (secondary N) is 2. The lowest BCUT2D eigenvalue weighted by Gasteiger charge is -2.05. The second-order valence-corrected chi connectivity index (χ2v) is 7.38. The van der Waals surface area contributed by atoms with Gasteiger partial charge in [0.2, 0.25) is 10.0 Å². The molecule has 4 N–H and O–H groups in total. The third-order valence-electron chi connectivity index (χ3n) is 3.04. The van der Waals surface area contributed by atoms with Gasteiger partial charge in [0.05, 0.1) is 4.90 Å². The van der Waals surface area contributed by atoms with Gasteiger partial charge in [0.15, 0.2) is 0 Å². The van der Waals surface area contributed by atoms with Crippen molar-refractivity contribution < 1.29 is 13.2 Å². The van der Waals surface area contributed by atoms with Crippen molar-refractivity contribution in [2.75, 3.05) is 0 Å². The number of carbonyl (C=O) groups excluding carboxylic acids is 1. The lowest BCUT2D eigenvalue weighted by Crippen LogP contribution is -2.31. The monoisotopic (exact) mass is 409 g/mol. The molecule has 2 rings (SSSR count). The molecule has 0 aliphatic heterocycles. The van der Waals surface area contributed by atoms with Gasteiger partial charge in [-0.25, -0.2) is 18.4 Å². The average molecular weight is 410 g/mol. The summed E-state index contributed by atoms with van der Waals surface area (Å²) in [5.74, 6) is 0. The minimum Gasteiger partial charge on any atom is -0.334 e. The van der Waals surface area contributed by atoms with Crippen LogP contribution in [0.25, 0.3) is 6.08 Å². The summed E-state index contributed by atoms with van der Waals surface area (Å²) in [7, 11) is -3.70. The highest BCUT2D eigenvalue weighted by molar-refractivity contribution is 9.10. The van der Waals surface area contributed by atoms with E-state index in [9.17, 15) is 13.2 Å². The molecule has 0 bridgehead atoms. The van der Waals surface area contributed by atoms with Crippen LogP contribution in [0, 0.1) is 0 Å². The fourth-order valence-electron chi connectivity index (χ4n) is 1.85. The highest BCUT2D eigenvalue weighted by Gasteiger charge is 2.06. The van der Waals surface area contributed by atoms with Gasteiger partial charge >= 0.3 is 6.03 Å². The van der Waals surface area contributed by atoms with Crippen LogP contribution in [0.15, 0.2) is 64.1 Å². The van der Waals surface area contributed by atoms with Crippen LogP contribution in [0.4, 0.5) is 4.79 Å². The summed E-state index contributed by atoms with van der Waals surface area (Å²) in [4.78, 5) is 11.7. The molecule has 0 saturated heterocycles. The van der Waals surface area contributed by atoms with Crippen LogP contribution in [0.2, 0.25) is 0 Å². The molecule has 2 aromatic carbocycles. The minimum atomic E-state index is -3.70. The lowest BCUT2D eigenvalue weighted by molar-refractivity contribution is 0.244. The minimum absolute atomic E-state index is 0.0349. The maximum Gasteiger partial charge on any atom is 0.319 e. The highest BCUT2D eigenvalue weighted by atomic mass is 79.9. The topological polar surface area (TPSA) is 101 Å². The van der Waals surface area contributed by atoms with E-state index in [1.807, 2.05) is 24.3 Å². The fraction of sp³-hybridized carbons (Fsp3) is 0.0625. The van der Waals surface area contributed by atoms with Crippen molar-refractivity contribution in [1.82, 2.24) is 10.6 Å². The molecule has 0 unspecified atom stereocenters. The number of halogens is 1. The first-order valence-electron chi connectivity index (χ1n) is 6.93. The molecule has 0 fully saturated rings. The molecule has 0 heterocycles. The first-order chi connectivity index (χ1) is 11.3. The van der Waals surface area contributed by atoms with Crippen LogP contribution in [-0.2, 0) is 16.6 Å². The van der Waals surface area contributed by atoms with E-state index in [0.717, 1.165) is 15.6 Å². The third kappa shape index (κ3) is 5.80. The van der Waals surface area contributed by atoms with Crippen LogP contribution in [0.3, 0.4) is 0 Å².